The Morgan fingerprint density at radius 1 is 1.42 bits per heavy atom. The summed E-state index contributed by atoms with van der Waals surface area (Å²) in [4.78, 5) is 12.1. The van der Waals surface area contributed by atoms with Crippen LogP contribution in [0.5, 0.6) is 0 Å². The van der Waals surface area contributed by atoms with E-state index < -0.39 is 0 Å². The van der Waals surface area contributed by atoms with Crippen molar-refractivity contribution in [1.82, 2.24) is 15.5 Å². The number of nitrogens with one attached hydrogen (secondary N) is 2. The topological polar surface area (TPSA) is 76.1 Å². The number of ether oxygens (including phenoxy) is 1. The monoisotopic (exact) mass is 396 g/mol. The molecule has 1 aliphatic rings. The summed E-state index contributed by atoms with van der Waals surface area (Å²) in [6.07, 6.45) is 2.42. The second-order valence-electron chi connectivity index (χ2n) is 6.02. The van der Waals surface area contributed by atoms with Crippen LogP contribution < -0.4 is 10.6 Å². The Morgan fingerprint density at radius 2 is 2.23 bits per heavy atom. The number of carbonyl (C=O) groups excluding carboxylic acids is 1. The van der Waals surface area contributed by atoms with Gasteiger partial charge in [0.15, 0.2) is 4.34 Å². The van der Waals surface area contributed by atoms with E-state index in [1.807, 2.05) is 6.92 Å². The molecule has 1 aromatic carbocycles. The number of aromatic nitrogens is 2. The molecule has 1 fully saturated rings. The summed E-state index contributed by atoms with van der Waals surface area (Å²) in [5.74, 6) is -0.134. The van der Waals surface area contributed by atoms with E-state index in [9.17, 15) is 9.18 Å². The second-order valence-corrected chi connectivity index (χ2v) is 8.22. The predicted octanol–water partition coefficient (Wildman–Crippen LogP) is 3.24. The molecule has 9 heteroatoms. The molecule has 0 bridgehead atoms. The summed E-state index contributed by atoms with van der Waals surface area (Å²) < 4.78 is 19.2. The summed E-state index contributed by atoms with van der Waals surface area (Å²) >= 11 is 2.78. The molecular formula is C17H21FN4O2S2. The zero-order valence-corrected chi connectivity index (χ0v) is 16.0. The fourth-order valence-electron chi connectivity index (χ4n) is 2.59. The lowest BCUT2D eigenvalue weighted by atomic mass is 10.1. The molecule has 1 aromatic heterocycles. The molecule has 2 unspecified atom stereocenters. The molecule has 1 saturated heterocycles. The van der Waals surface area contributed by atoms with Gasteiger partial charge >= 0.3 is 0 Å². The number of thioether (sulfide) groups is 1. The van der Waals surface area contributed by atoms with Crippen LogP contribution in [0.4, 0.5) is 9.52 Å². The zero-order chi connectivity index (χ0) is 18.4. The largest absolute Gasteiger partial charge is 0.376 e. The maximum absolute atomic E-state index is 13.0. The van der Waals surface area contributed by atoms with Crippen LogP contribution in [0.2, 0.25) is 0 Å². The lowest BCUT2D eigenvalue weighted by Crippen LogP contribution is -2.28. The average Bonchev–Trinajstić information content (AvgIpc) is 3.30. The normalized spacial score (nSPS) is 17.8. The van der Waals surface area contributed by atoms with Crippen LogP contribution in [-0.4, -0.2) is 41.1 Å². The number of amides is 1. The molecular weight excluding hydrogens is 375 g/mol. The van der Waals surface area contributed by atoms with Gasteiger partial charge in [-0.25, -0.2) is 4.39 Å². The summed E-state index contributed by atoms with van der Waals surface area (Å²) in [6.45, 7) is 3.43. The summed E-state index contributed by atoms with van der Waals surface area (Å²) in [6, 6.07) is 5.94. The fourth-order valence-corrected chi connectivity index (χ4v) is 4.16. The van der Waals surface area contributed by atoms with E-state index >= 15 is 0 Å². The SMILES string of the molecule is CC(NC(=O)CSc1nnc(NCC2CCCO2)s1)c1ccc(F)cc1. The maximum Gasteiger partial charge on any atom is 0.230 e. The van der Waals surface area contributed by atoms with Crippen LogP contribution in [0.1, 0.15) is 31.4 Å². The number of carbonyl (C=O) groups is 1. The minimum atomic E-state index is -0.289. The number of nitrogens with zero attached hydrogens (tertiary/aromatic N) is 2. The molecule has 2 aromatic rings. The fraction of sp³-hybridized carbons (Fsp3) is 0.471. The number of rotatable bonds is 8. The quantitative estimate of drug-likeness (QED) is 0.667. The van der Waals surface area contributed by atoms with Gasteiger partial charge in [-0.1, -0.05) is 35.2 Å². The number of hydrogen-bond acceptors (Lipinski definition) is 7. The molecule has 140 valence electrons. The molecule has 0 saturated carbocycles. The first-order valence-corrected chi connectivity index (χ1v) is 10.3. The molecule has 0 spiro atoms. The smallest absolute Gasteiger partial charge is 0.230 e. The van der Waals surface area contributed by atoms with E-state index in [-0.39, 0.29) is 29.6 Å². The summed E-state index contributed by atoms with van der Waals surface area (Å²) in [7, 11) is 0. The van der Waals surface area contributed by atoms with Crippen molar-refractivity contribution in [2.45, 2.75) is 36.3 Å². The average molecular weight is 397 g/mol. The van der Waals surface area contributed by atoms with Gasteiger partial charge in [-0.2, -0.15) is 0 Å². The van der Waals surface area contributed by atoms with Crippen LogP contribution in [0.25, 0.3) is 0 Å². The Balaban J connectivity index is 1.40. The van der Waals surface area contributed by atoms with Crippen molar-refractivity contribution in [1.29, 1.82) is 0 Å². The van der Waals surface area contributed by atoms with Gasteiger partial charge in [-0.15, -0.1) is 10.2 Å². The highest BCUT2D eigenvalue weighted by atomic mass is 32.2. The Kier molecular flexibility index (Phi) is 6.81. The lowest BCUT2D eigenvalue weighted by Gasteiger charge is -2.13. The molecule has 6 nitrogen and oxygen atoms in total. The third-order valence-corrected chi connectivity index (χ3v) is 6.00. The lowest BCUT2D eigenvalue weighted by molar-refractivity contribution is -0.119. The van der Waals surface area contributed by atoms with E-state index in [0.717, 1.165) is 41.0 Å². The Bertz CT molecular complexity index is 720. The first-order valence-electron chi connectivity index (χ1n) is 8.47. The van der Waals surface area contributed by atoms with Crippen LogP contribution >= 0.6 is 23.1 Å². The highest BCUT2D eigenvalue weighted by Gasteiger charge is 2.16. The van der Waals surface area contributed by atoms with Gasteiger partial charge in [0.25, 0.3) is 0 Å². The molecule has 1 aliphatic heterocycles. The maximum atomic E-state index is 13.0. The highest BCUT2D eigenvalue weighted by Crippen LogP contribution is 2.26. The third kappa shape index (κ3) is 5.65. The number of halogens is 1. The van der Waals surface area contributed by atoms with Gasteiger partial charge < -0.3 is 15.4 Å². The van der Waals surface area contributed by atoms with Crippen LogP contribution in [0, 0.1) is 5.82 Å². The molecule has 2 N–H and O–H groups in total. The van der Waals surface area contributed by atoms with Crippen molar-refractivity contribution >= 4 is 34.1 Å². The van der Waals surface area contributed by atoms with Gasteiger partial charge in [-0.05, 0) is 37.5 Å². The molecule has 1 amide bonds. The first-order chi connectivity index (χ1) is 12.6. The number of hydrogen-bond donors (Lipinski definition) is 2. The first kappa shape index (κ1) is 19.1. The van der Waals surface area contributed by atoms with Crippen molar-refractivity contribution in [3.05, 3.63) is 35.6 Å². The third-order valence-electron chi connectivity index (χ3n) is 3.99. The van der Waals surface area contributed by atoms with E-state index in [0.29, 0.717) is 0 Å². The predicted molar refractivity (Wildman–Crippen MR) is 101 cm³/mol. The van der Waals surface area contributed by atoms with Gasteiger partial charge in [0, 0.05) is 13.2 Å². The van der Waals surface area contributed by atoms with Crippen molar-refractivity contribution in [3.8, 4) is 0 Å². The summed E-state index contributed by atoms with van der Waals surface area (Å²) in [5, 5.41) is 15.0. The molecule has 0 aliphatic carbocycles. The highest BCUT2D eigenvalue weighted by molar-refractivity contribution is 8.01. The Morgan fingerprint density at radius 3 is 2.96 bits per heavy atom. The van der Waals surface area contributed by atoms with E-state index in [1.165, 1.54) is 35.2 Å². The minimum absolute atomic E-state index is 0.101. The van der Waals surface area contributed by atoms with E-state index in [2.05, 4.69) is 20.8 Å². The minimum Gasteiger partial charge on any atom is -0.376 e. The summed E-state index contributed by atoms with van der Waals surface area (Å²) in [5.41, 5.74) is 0.862. The Hall–Kier alpha value is -1.71. The van der Waals surface area contributed by atoms with Crippen molar-refractivity contribution < 1.29 is 13.9 Å². The van der Waals surface area contributed by atoms with Gasteiger partial charge in [0.1, 0.15) is 5.82 Å². The second kappa shape index (κ2) is 9.29. The molecule has 2 atom stereocenters. The number of benzene rings is 1. The van der Waals surface area contributed by atoms with Gasteiger partial charge in [0.05, 0.1) is 17.9 Å². The zero-order valence-electron chi connectivity index (χ0n) is 14.4. The van der Waals surface area contributed by atoms with Crippen molar-refractivity contribution in [2.24, 2.45) is 0 Å². The van der Waals surface area contributed by atoms with Crippen molar-refractivity contribution in [2.75, 3.05) is 24.2 Å². The van der Waals surface area contributed by atoms with E-state index in [1.54, 1.807) is 12.1 Å². The van der Waals surface area contributed by atoms with Crippen molar-refractivity contribution in [3.63, 3.8) is 0 Å². The molecule has 26 heavy (non-hydrogen) atoms. The molecule has 0 radical (unpaired) electrons. The molecule has 2 heterocycles. The van der Waals surface area contributed by atoms with Gasteiger partial charge in [-0.3, -0.25) is 4.79 Å². The number of anilines is 1. The van der Waals surface area contributed by atoms with Crippen LogP contribution in [0.3, 0.4) is 0 Å². The van der Waals surface area contributed by atoms with Crippen LogP contribution in [0.15, 0.2) is 28.6 Å². The standard InChI is InChI=1S/C17H21FN4O2S2/c1-11(12-4-6-13(18)7-5-12)20-15(23)10-25-17-22-21-16(26-17)19-9-14-3-2-8-24-14/h4-7,11,14H,2-3,8-10H2,1H3,(H,19,21)(H,20,23). The van der Waals surface area contributed by atoms with Crippen LogP contribution in [-0.2, 0) is 9.53 Å². The molecule has 3 rings (SSSR count). The van der Waals surface area contributed by atoms with Gasteiger partial charge in [0.2, 0.25) is 11.0 Å². The van der Waals surface area contributed by atoms with E-state index in [4.69, 9.17) is 4.74 Å². The Labute approximate surface area is 159 Å².